The van der Waals surface area contributed by atoms with Crippen LogP contribution in [0.4, 0.5) is 0 Å². The van der Waals surface area contributed by atoms with Gasteiger partial charge in [0.25, 0.3) is 5.91 Å². The summed E-state index contributed by atoms with van der Waals surface area (Å²) in [7, 11) is 1.50. The van der Waals surface area contributed by atoms with Gasteiger partial charge in [-0.05, 0) is 36.5 Å². The maximum atomic E-state index is 12.5. The third-order valence-electron chi connectivity index (χ3n) is 4.28. The van der Waals surface area contributed by atoms with Gasteiger partial charge < -0.3 is 15.2 Å². The van der Waals surface area contributed by atoms with E-state index in [1.807, 2.05) is 11.6 Å². The Balaban J connectivity index is 2.02. The Morgan fingerprint density at radius 2 is 2.07 bits per heavy atom. The number of carbonyl (C=O) groups is 2. The van der Waals surface area contributed by atoms with Gasteiger partial charge in [-0.1, -0.05) is 26.8 Å². The Hall–Kier alpha value is -2.83. The van der Waals surface area contributed by atoms with E-state index in [9.17, 15) is 9.59 Å². The van der Waals surface area contributed by atoms with E-state index in [1.165, 1.54) is 19.2 Å². The van der Waals surface area contributed by atoms with Crippen LogP contribution in [0.1, 0.15) is 52.7 Å². The molecule has 0 atom stereocenters. The Morgan fingerprint density at radius 3 is 2.67 bits per heavy atom. The highest BCUT2D eigenvalue weighted by molar-refractivity contribution is 5.95. The first-order valence-corrected chi connectivity index (χ1v) is 9.10. The lowest BCUT2D eigenvalue weighted by Gasteiger charge is -2.11. The highest BCUT2D eigenvalue weighted by Crippen LogP contribution is 2.21. The minimum absolute atomic E-state index is 0.150. The number of nitrogens with one attached hydrogen (secondary N) is 1. The van der Waals surface area contributed by atoms with Crippen molar-refractivity contribution >= 4 is 11.9 Å². The first-order chi connectivity index (χ1) is 12.9. The Labute approximate surface area is 159 Å². The Kier molecular flexibility index (Phi) is 6.98. The summed E-state index contributed by atoms with van der Waals surface area (Å²) in [5.74, 6) is -0.197. The van der Waals surface area contributed by atoms with Crippen LogP contribution in [0.5, 0.6) is 5.75 Å². The van der Waals surface area contributed by atoms with Crippen molar-refractivity contribution in [2.24, 2.45) is 5.92 Å². The van der Waals surface area contributed by atoms with E-state index < -0.39 is 5.97 Å². The summed E-state index contributed by atoms with van der Waals surface area (Å²) in [6, 6.07) is 4.74. The highest BCUT2D eigenvalue weighted by Gasteiger charge is 2.17. The van der Waals surface area contributed by atoms with Crippen molar-refractivity contribution in [2.45, 2.75) is 40.2 Å². The fourth-order valence-corrected chi connectivity index (χ4v) is 2.97. The van der Waals surface area contributed by atoms with Gasteiger partial charge in [-0.25, -0.2) is 4.79 Å². The van der Waals surface area contributed by atoms with Crippen molar-refractivity contribution in [1.82, 2.24) is 15.1 Å². The summed E-state index contributed by atoms with van der Waals surface area (Å²) in [4.78, 5) is 23.6. The monoisotopic (exact) mass is 373 g/mol. The summed E-state index contributed by atoms with van der Waals surface area (Å²) >= 11 is 0. The van der Waals surface area contributed by atoms with Gasteiger partial charge in [-0.3, -0.25) is 9.48 Å². The molecule has 0 saturated carbocycles. The van der Waals surface area contributed by atoms with Gasteiger partial charge in [0.15, 0.2) is 0 Å². The molecule has 1 heterocycles. The van der Waals surface area contributed by atoms with E-state index in [0.717, 1.165) is 24.2 Å². The molecule has 0 aliphatic heterocycles. The molecule has 0 bridgehead atoms. The zero-order valence-electron chi connectivity index (χ0n) is 16.3. The van der Waals surface area contributed by atoms with E-state index in [4.69, 9.17) is 9.84 Å². The first-order valence-electron chi connectivity index (χ1n) is 9.10. The number of carboxylic acid groups (broad SMARTS) is 1. The molecule has 0 aliphatic carbocycles. The fourth-order valence-electron chi connectivity index (χ4n) is 2.97. The largest absolute Gasteiger partial charge is 0.496 e. The van der Waals surface area contributed by atoms with Crippen molar-refractivity contribution in [2.75, 3.05) is 13.7 Å². The van der Waals surface area contributed by atoms with Crippen molar-refractivity contribution in [1.29, 1.82) is 0 Å². The SMILES string of the molecule is CCc1c(C(=O)NCCc2ccc(C(=O)O)cc2OC)cnn1CC(C)C. The molecule has 2 aromatic rings. The van der Waals surface area contributed by atoms with Gasteiger partial charge in [-0.2, -0.15) is 5.10 Å². The van der Waals surface area contributed by atoms with E-state index in [-0.39, 0.29) is 11.5 Å². The summed E-state index contributed by atoms with van der Waals surface area (Å²) in [5.41, 5.74) is 2.55. The molecular formula is C20H27N3O4. The second-order valence-corrected chi connectivity index (χ2v) is 6.77. The number of hydrogen-bond acceptors (Lipinski definition) is 4. The van der Waals surface area contributed by atoms with Crippen LogP contribution in [0, 0.1) is 5.92 Å². The lowest BCUT2D eigenvalue weighted by Crippen LogP contribution is -2.26. The number of carbonyl (C=O) groups excluding carboxylic acids is 1. The van der Waals surface area contributed by atoms with Crippen LogP contribution >= 0.6 is 0 Å². The van der Waals surface area contributed by atoms with Crippen molar-refractivity contribution in [3.63, 3.8) is 0 Å². The van der Waals surface area contributed by atoms with Crippen LogP contribution in [0.15, 0.2) is 24.4 Å². The van der Waals surface area contributed by atoms with Gasteiger partial charge >= 0.3 is 5.97 Å². The smallest absolute Gasteiger partial charge is 0.335 e. The zero-order chi connectivity index (χ0) is 20.0. The molecule has 2 rings (SSSR count). The minimum atomic E-state index is -1.00. The van der Waals surface area contributed by atoms with Gasteiger partial charge in [0.05, 0.1) is 30.1 Å². The second-order valence-electron chi connectivity index (χ2n) is 6.77. The average molecular weight is 373 g/mol. The summed E-state index contributed by atoms with van der Waals surface area (Å²) in [5, 5.41) is 16.3. The molecular weight excluding hydrogens is 346 g/mol. The van der Waals surface area contributed by atoms with E-state index in [2.05, 4.69) is 24.3 Å². The third kappa shape index (κ3) is 5.09. The van der Waals surface area contributed by atoms with Crippen LogP contribution in [0.3, 0.4) is 0 Å². The van der Waals surface area contributed by atoms with Crippen molar-refractivity contribution in [3.05, 3.63) is 46.8 Å². The molecule has 1 aromatic heterocycles. The molecule has 1 aromatic carbocycles. The molecule has 7 heteroatoms. The molecule has 1 amide bonds. The number of nitrogens with zero attached hydrogens (tertiary/aromatic N) is 2. The molecule has 0 saturated heterocycles. The van der Waals surface area contributed by atoms with E-state index in [1.54, 1.807) is 12.3 Å². The van der Waals surface area contributed by atoms with Gasteiger partial charge in [-0.15, -0.1) is 0 Å². The number of carboxylic acids is 1. The third-order valence-corrected chi connectivity index (χ3v) is 4.28. The molecule has 7 nitrogen and oxygen atoms in total. The average Bonchev–Trinajstić information content (AvgIpc) is 3.03. The van der Waals surface area contributed by atoms with Crippen LogP contribution in [0.2, 0.25) is 0 Å². The lowest BCUT2D eigenvalue weighted by molar-refractivity contribution is 0.0696. The van der Waals surface area contributed by atoms with E-state index >= 15 is 0 Å². The molecule has 27 heavy (non-hydrogen) atoms. The number of benzene rings is 1. The summed E-state index contributed by atoms with van der Waals surface area (Å²) < 4.78 is 7.16. The Bertz CT molecular complexity index is 812. The molecule has 0 radical (unpaired) electrons. The number of methoxy groups -OCH3 is 1. The maximum Gasteiger partial charge on any atom is 0.335 e. The molecule has 0 fully saturated rings. The van der Waals surface area contributed by atoms with Gasteiger partial charge in [0, 0.05) is 13.1 Å². The van der Waals surface area contributed by atoms with E-state index in [0.29, 0.717) is 30.2 Å². The standard InChI is InChI=1S/C20H27N3O4/c1-5-17-16(11-22-23(17)12-13(2)3)19(24)21-9-8-14-6-7-15(20(25)26)10-18(14)27-4/h6-7,10-11,13H,5,8-9,12H2,1-4H3,(H,21,24)(H,25,26). The van der Waals surface area contributed by atoms with Gasteiger partial charge in [0.1, 0.15) is 5.75 Å². The summed E-state index contributed by atoms with van der Waals surface area (Å²) in [6.07, 6.45) is 2.90. The number of ether oxygens (including phenoxy) is 1. The van der Waals surface area contributed by atoms with Crippen LogP contribution < -0.4 is 10.1 Å². The number of amides is 1. The Morgan fingerprint density at radius 1 is 1.33 bits per heavy atom. The highest BCUT2D eigenvalue weighted by atomic mass is 16.5. The number of aromatic nitrogens is 2. The van der Waals surface area contributed by atoms with Crippen LogP contribution in [0.25, 0.3) is 0 Å². The van der Waals surface area contributed by atoms with Crippen molar-refractivity contribution in [3.8, 4) is 5.75 Å². The predicted octanol–water partition coefficient (Wildman–Crippen LogP) is 2.78. The zero-order valence-corrected chi connectivity index (χ0v) is 16.3. The fraction of sp³-hybridized carbons (Fsp3) is 0.450. The van der Waals surface area contributed by atoms with Crippen LogP contribution in [-0.2, 0) is 19.4 Å². The first kappa shape index (κ1) is 20.5. The maximum absolute atomic E-state index is 12.5. The quantitative estimate of drug-likeness (QED) is 0.705. The van der Waals surface area contributed by atoms with Crippen LogP contribution in [-0.4, -0.2) is 40.4 Å². The molecule has 2 N–H and O–H groups in total. The number of rotatable bonds is 9. The molecule has 0 unspecified atom stereocenters. The molecule has 146 valence electrons. The second kappa shape index (κ2) is 9.21. The molecule has 0 aliphatic rings. The number of hydrogen-bond donors (Lipinski definition) is 2. The topological polar surface area (TPSA) is 93.5 Å². The molecule has 0 spiro atoms. The van der Waals surface area contributed by atoms with Crippen molar-refractivity contribution < 1.29 is 19.4 Å². The predicted molar refractivity (Wildman–Crippen MR) is 102 cm³/mol. The lowest BCUT2D eigenvalue weighted by atomic mass is 10.1. The minimum Gasteiger partial charge on any atom is -0.496 e. The summed E-state index contributed by atoms with van der Waals surface area (Å²) in [6.45, 7) is 7.44. The van der Waals surface area contributed by atoms with Gasteiger partial charge in [0.2, 0.25) is 0 Å². The number of aromatic carboxylic acids is 1. The normalized spacial score (nSPS) is 10.9.